The van der Waals surface area contributed by atoms with Gasteiger partial charge in [0.25, 0.3) is 0 Å². The Morgan fingerprint density at radius 2 is 0.548 bits per heavy atom. The number of benzene rings is 7. The lowest BCUT2D eigenvalue weighted by molar-refractivity contribution is 1.51. The average Bonchev–Trinajstić information content (AvgIpc) is 2.98. The van der Waals surface area contributed by atoms with Crippen molar-refractivity contribution < 1.29 is 0 Å². The maximum absolute atomic E-state index is 2.39. The maximum atomic E-state index is 2.39. The fourth-order valence-corrected chi connectivity index (χ4v) is 9.38. The van der Waals surface area contributed by atoms with Gasteiger partial charge >= 0.3 is 0 Å². The van der Waals surface area contributed by atoms with Gasteiger partial charge in [-0.1, -0.05) is 109 Å². The van der Waals surface area contributed by atoms with Crippen molar-refractivity contribution in [2.45, 2.75) is 9.79 Å². The second-order valence-electron chi connectivity index (χ2n) is 12.8. The molecule has 0 heterocycles. The van der Waals surface area contributed by atoms with Crippen LogP contribution in [-0.4, -0.2) is 37.5 Å². The molecule has 0 aliphatic heterocycles. The van der Waals surface area contributed by atoms with E-state index in [2.05, 4.69) is 159 Å². The number of rotatable bonds is 4. The van der Waals surface area contributed by atoms with Crippen LogP contribution >= 0.6 is 20.1 Å². The van der Waals surface area contributed by atoms with Crippen LogP contribution in [0, 0.1) is 0 Å². The third kappa shape index (κ3) is 4.32. The second kappa shape index (κ2) is 9.93. The molecule has 0 atom stereocenters. The quantitative estimate of drug-likeness (QED) is 0.181. The summed E-state index contributed by atoms with van der Waals surface area (Å²) in [4.78, 5) is 2.94. The molecule has 0 aliphatic carbocycles. The smallest absolute Gasteiger partial charge is 0.00201 e. The highest BCUT2D eigenvalue weighted by molar-refractivity contribution is 8.32. The van der Waals surface area contributed by atoms with E-state index in [1.165, 1.54) is 75.1 Å². The van der Waals surface area contributed by atoms with Crippen molar-refractivity contribution in [1.29, 1.82) is 0 Å². The lowest BCUT2D eigenvalue weighted by atomic mass is 9.84. The molecular weight excluding hydrogens is 545 g/mol. The Morgan fingerprint density at radius 3 is 0.833 bits per heavy atom. The molecule has 7 aromatic carbocycles. The van der Waals surface area contributed by atoms with Crippen molar-refractivity contribution in [1.82, 2.24) is 0 Å². The van der Waals surface area contributed by atoms with Crippen molar-refractivity contribution >= 4 is 63.1 Å². The van der Waals surface area contributed by atoms with Crippen LogP contribution in [0.5, 0.6) is 0 Å². The number of hydrogen-bond donors (Lipinski definition) is 0. The van der Waals surface area contributed by atoms with Crippen molar-refractivity contribution in [2.24, 2.45) is 0 Å². The molecule has 7 aromatic rings. The van der Waals surface area contributed by atoms with E-state index >= 15 is 0 Å². The zero-order chi connectivity index (χ0) is 29.2. The molecular formula is C40H38S2. The Bertz CT molecular complexity index is 1940. The molecule has 210 valence electrons. The largest absolute Gasteiger partial charge is 0.223 e. The van der Waals surface area contributed by atoms with Gasteiger partial charge in [-0.25, -0.2) is 20.1 Å². The van der Waals surface area contributed by atoms with E-state index in [0.29, 0.717) is 0 Å². The van der Waals surface area contributed by atoms with E-state index in [4.69, 9.17) is 0 Å². The molecule has 42 heavy (non-hydrogen) atoms. The second-order valence-corrected chi connectivity index (χ2v) is 21.1. The van der Waals surface area contributed by atoms with Gasteiger partial charge in [-0.2, -0.15) is 0 Å². The van der Waals surface area contributed by atoms with Gasteiger partial charge in [0.15, 0.2) is 0 Å². The molecule has 0 aromatic heterocycles. The van der Waals surface area contributed by atoms with Gasteiger partial charge in [0.2, 0.25) is 0 Å². The van der Waals surface area contributed by atoms with E-state index in [1.54, 1.807) is 0 Å². The Kier molecular flexibility index (Phi) is 6.42. The molecule has 0 fully saturated rings. The summed E-state index contributed by atoms with van der Waals surface area (Å²) in [6.45, 7) is 0. The first-order chi connectivity index (χ1) is 20.1. The zero-order valence-corrected chi connectivity index (χ0v) is 27.0. The molecule has 2 heteroatoms. The van der Waals surface area contributed by atoms with Crippen LogP contribution in [0.15, 0.2) is 131 Å². The zero-order valence-electron chi connectivity index (χ0n) is 25.4. The van der Waals surface area contributed by atoms with Crippen LogP contribution in [0.1, 0.15) is 0 Å². The van der Waals surface area contributed by atoms with E-state index < -0.39 is 20.1 Å². The minimum Gasteiger partial charge on any atom is -0.223 e. The van der Waals surface area contributed by atoms with Crippen molar-refractivity contribution in [3.8, 4) is 22.3 Å². The minimum absolute atomic E-state index is 0.889. The third-order valence-electron chi connectivity index (χ3n) is 8.56. The van der Waals surface area contributed by atoms with Gasteiger partial charge in [-0.15, -0.1) is 0 Å². The normalized spacial score (nSPS) is 13.3. The summed E-state index contributed by atoms with van der Waals surface area (Å²) in [5.74, 6) is 0. The predicted molar refractivity (Wildman–Crippen MR) is 195 cm³/mol. The summed E-state index contributed by atoms with van der Waals surface area (Å²) >= 11 is 0. The molecule has 0 spiro atoms. The Hall–Kier alpha value is -3.72. The fraction of sp³-hybridized carbons (Fsp3) is 0.150. The first-order valence-corrected chi connectivity index (χ1v) is 20.2. The summed E-state index contributed by atoms with van der Waals surface area (Å²) in [6.07, 6.45) is 14.4. The van der Waals surface area contributed by atoms with Crippen LogP contribution < -0.4 is 0 Å². The summed E-state index contributed by atoms with van der Waals surface area (Å²) in [7, 11) is -1.78. The van der Waals surface area contributed by atoms with Gasteiger partial charge in [0.05, 0.1) is 0 Å². The molecule has 0 amide bonds. The molecule has 0 saturated heterocycles. The van der Waals surface area contributed by atoms with Gasteiger partial charge in [0.1, 0.15) is 0 Å². The van der Waals surface area contributed by atoms with E-state index in [1.807, 2.05) is 0 Å². The molecule has 0 unspecified atom stereocenters. The summed E-state index contributed by atoms with van der Waals surface area (Å²) < 4.78 is 0. The topological polar surface area (TPSA) is 0 Å². The Balaban J connectivity index is 1.63. The minimum atomic E-state index is -0.889. The van der Waals surface area contributed by atoms with Crippen molar-refractivity contribution in [3.05, 3.63) is 121 Å². The molecule has 0 nitrogen and oxygen atoms in total. The van der Waals surface area contributed by atoms with Gasteiger partial charge < -0.3 is 0 Å². The van der Waals surface area contributed by atoms with Crippen LogP contribution in [0.4, 0.5) is 0 Å². The number of hydrogen-bond acceptors (Lipinski definition) is 0. The third-order valence-corrected chi connectivity index (χ3v) is 11.9. The van der Waals surface area contributed by atoms with Gasteiger partial charge in [-0.05, 0) is 125 Å². The van der Waals surface area contributed by atoms with Crippen LogP contribution in [0.3, 0.4) is 0 Å². The first kappa shape index (κ1) is 27.1. The summed E-state index contributed by atoms with van der Waals surface area (Å²) in [5, 5.41) is 10.7. The van der Waals surface area contributed by atoms with Gasteiger partial charge in [0, 0.05) is 0 Å². The summed E-state index contributed by atoms with van der Waals surface area (Å²) in [5.41, 5.74) is 5.29. The van der Waals surface area contributed by atoms with Crippen molar-refractivity contribution in [2.75, 3.05) is 37.5 Å². The fourth-order valence-electron chi connectivity index (χ4n) is 6.76. The van der Waals surface area contributed by atoms with Crippen molar-refractivity contribution in [3.63, 3.8) is 0 Å². The Labute approximate surface area is 253 Å². The van der Waals surface area contributed by atoms with Crippen LogP contribution in [0.2, 0.25) is 0 Å². The van der Waals surface area contributed by atoms with E-state index in [9.17, 15) is 0 Å². The highest BCUT2D eigenvalue weighted by Crippen LogP contribution is 2.53. The van der Waals surface area contributed by atoms with Crippen LogP contribution in [0.25, 0.3) is 65.3 Å². The monoisotopic (exact) mass is 582 g/mol. The molecule has 0 radical (unpaired) electrons. The van der Waals surface area contributed by atoms with E-state index in [0.717, 1.165) is 0 Å². The Morgan fingerprint density at radius 1 is 0.286 bits per heavy atom. The number of fused-ring (bicyclic) bond motifs is 4. The van der Waals surface area contributed by atoms with Gasteiger partial charge in [-0.3, -0.25) is 0 Å². The first-order valence-electron chi connectivity index (χ1n) is 14.5. The molecule has 0 saturated carbocycles. The SMILES string of the molecule is CS(C)(C)c1ccc(-c2c3ccccc3c(-c3ccc(S(C)(C)C)c4ccccc34)c3ccccc23)c2ccccc12. The maximum Gasteiger partial charge on any atom is -0.00201 e. The summed E-state index contributed by atoms with van der Waals surface area (Å²) in [6, 6.07) is 45.7. The average molecular weight is 583 g/mol. The molecule has 0 aliphatic rings. The molecule has 7 rings (SSSR count). The lowest BCUT2D eigenvalue weighted by Crippen LogP contribution is -1.97. The standard InChI is InChI=1S/C40H38S2/c1-41(2,3)37-25-23-35(27-15-7-9-17-29(27)37)39-31-19-11-13-21-33(31)40(34-22-14-12-20-32(34)39)36-24-26-38(42(4,5)6)30-18-10-8-16-28(30)36/h7-26H,1-6H3. The lowest BCUT2D eigenvalue weighted by Gasteiger charge is -2.29. The highest BCUT2D eigenvalue weighted by Gasteiger charge is 2.22. The molecule has 0 bridgehead atoms. The highest BCUT2D eigenvalue weighted by atomic mass is 32.3. The van der Waals surface area contributed by atoms with E-state index in [-0.39, 0.29) is 0 Å². The van der Waals surface area contributed by atoms with Crippen LogP contribution in [-0.2, 0) is 0 Å². The predicted octanol–water partition coefficient (Wildman–Crippen LogP) is 11.7. The molecule has 0 N–H and O–H groups in total.